The summed E-state index contributed by atoms with van der Waals surface area (Å²) in [6, 6.07) is 6.31. The fourth-order valence-electron chi connectivity index (χ4n) is 1.73. The number of nitrogens with one attached hydrogen (secondary N) is 1. The van der Waals surface area contributed by atoms with Crippen molar-refractivity contribution in [3.8, 4) is 11.3 Å². The smallest absolute Gasteiger partial charge is 0.220 e. The summed E-state index contributed by atoms with van der Waals surface area (Å²) in [6.07, 6.45) is 2.09. The molecule has 1 aromatic heterocycles. The summed E-state index contributed by atoms with van der Waals surface area (Å²) in [7, 11) is 0. The maximum absolute atomic E-state index is 13.6. The number of carbonyl (C=O) groups excluding carboxylic acids is 1. The van der Waals surface area contributed by atoms with Crippen molar-refractivity contribution >= 4 is 30.7 Å². The van der Waals surface area contributed by atoms with Crippen LogP contribution in [0.15, 0.2) is 34.9 Å². The Labute approximate surface area is 140 Å². The number of aromatic nitrogens is 1. The van der Waals surface area contributed by atoms with E-state index in [2.05, 4.69) is 10.3 Å². The second-order valence-electron chi connectivity index (χ2n) is 4.24. The van der Waals surface area contributed by atoms with E-state index in [4.69, 9.17) is 10.2 Å². The molecule has 0 atom stereocenters. The largest absolute Gasteiger partial charge is 0.441 e. The SMILES string of the molecule is Cl.Cl.NCCNC(=O)CCc1ncc(-c2ccccc2F)o1. The van der Waals surface area contributed by atoms with Crippen molar-refractivity contribution in [1.82, 2.24) is 10.3 Å². The molecule has 0 unspecified atom stereocenters. The summed E-state index contributed by atoms with van der Waals surface area (Å²) in [6.45, 7) is 0.854. The Morgan fingerprint density at radius 1 is 1.32 bits per heavy atom. The van der Waals surface area contributed by atoms with Gasteiger partial charge < -0.3 is 15.5 Å². The monoisotopic (exact) mass is 349 g/mol. The first-order valence-corrected chi connectivity index (χ1v) is 6.37. The van der Waals surface area contributed by atoms with E-state index in [9.17, 15) is 9.18 Å². The van der Waals surface area contributed by atoms with E-state index in [1.165, 1.54) is 12.3 Å². The number of halogens is 3. The molecule has 0 spiro atoms. The summed E-state index contributed by atoms with van der Waals surface area (Å²) < 4.78 is 19.0. The lowest BCUT2D eigenvalue weighted by molar-refractivity contribution is -0.121. The van der Waals surface area contributed by atoms with Gasteiger partial charge in [-0.05, 0) is 12.1 Å². The second-order valence-corrected chi connectivity index (χ2v) is 4.24. The number of hydrogen-bond donors (Lipinski definition) is 2. The zero-order chi connectivity index (χ0) is 14.4. The van der Waals surface area contributed by atoms with Crippen molar-refractivity contribution in [3.63, 3.8) is 0 Å². The normalized spacial score (nSPS) is 9.55. The summed E-state index contributed by atoms with van der Waals surface area (Å²) in [5, 5.41) is 2.66. The Kier molecular flexibility index (Phi) is 9.40. The molecule has 0 aliphatic rings. The Morgan fingerprint density at radius 2 is 2.05 bits per heavy atom. The van der Waals surface area contributed by atoms with Gasteiger partial charge in [-0.2, -0.15) is 0 Å². The number of oxazole rings is 1. The Bertz CT molecular complexity index is 593. The molecule has 3 N–H and O–H groups in total. The van der Waals surface area contributed by atoms with Crippen molar-refractivity contribution in [2.24, 2.45) is 5.73 Å². The van der Waals surface area contributed by atoms with Gasteiger partial charge in [0.05, 0.1) is 11.8 Å². The highest BCUT2D eigenvalue weighted by Gasteiger charge is 2.11. The first-order valence-electron chi connectivity index (χ1n) is 6.37. The summed E-state index contributed by atoms with van der Waals surface area (Å²) >= 11 is 0. The molecule has 0 aliphatic heterocycles. The third kappa shape index (κ3) is 5.63. The average molecular weight is 350 g/mol. The van der Waals surface area contributed by atoms with E-state index in [1.807, 2.05) is 0 Å². The fraction of sp³-hybridized carbons (Fsp3) is 0.286. The van der Waals surface area contributed by atoms with Gasteiger partial charge in [-0.3, -0.25) is 4.79 Å². The molecule has 1 aromatic carbocycles. The zero-order valence-corrected chi connectivity index (χ0v) is 13.4. The third-order valence-electron chi connectivity index (χ3n) is 2.73. The fourth-order valence-corrected chi connectivity index (χ4v) is 1.73. The van der Waals surface area contributed by atoms with E-state index in [0.717, 1.165) is 0 Å². The Morgan fingerprint density at radius 3 is 2.73 bits per heavy atom. The lowest BCUT2D eigenvalue weighted by Gasteiger charge is -2.01. The van der Waals surface area contributed by atoms with Crippen LogP contribution in [0.5, 0.6) is 0 Å². The Hall–Kier alpha value is -1.63. The number of benzene rings is 1. The lowest BCUT2D eigenvalue weighted by Crippen LogP contribution is -2.29. The number of nitrogens with two attached hydrogens (primary N) is 1. The van der Waals surface area contributed by atoms with E-state index < -0.39 is 0 Å². The van der Waals surface area contributed by atoms with Gasteiger partial charge in [0.2, 0.25) is 5.91 Å². The summed E-state index contributed by atoms with van der Waals surface area (Å²) in [5.41, 5.74) is 5.64. The standard InChI is InChI=1S/C14H16FN3O2.2ClH/c15-11-4-2-1-3-10(11)12-9-18-14(20-12)6-5-13(19)17-8-7-16;;/h1-4,9H,5-8,16H2,(H,17,19);2*1H. The number of amides is 1. The highest BCUT2D eigenvalue weighted by atomic mass is 35.5. The van der Waals surface area contributed by atoms with Gasteiger partial charge in [0.15, 0.2) is 11.7 Å². The number of aryl methyl sites for hydroxylation is 1. The van der Waals surface area contributed by atoms with Crippen LogP contribution in [-0.2, 0) is 11.2 Å². The van der Waals surface area contributed by atoms with Crippen LogP contribution in [0.1, 0.15) is 12.3 Å². The molecular formula is C14H18Cl2FN3O2. The predicted octanol–water partition coefficient (Wildman–Crippen LogP) is 2.33. The maximum Gasteiger partial charge on any atom is 0.220 e. The molecule has 0 saturated carbocycles. The molecule has 0 fully saturated rings. The lowest BCUT2D eigenvalue weighted by atomic mass is 10.2. The first-order chi connectivity index (χ1) is 9.70. The van der Waals surface area contributed by atoms with Gasteiger partial charge in [-0.1, -0.05) is 12.1 Å². The zero-order valence-electron chi connectivity index (χ0n) is 11.8. The van der Waals surface area contributed by atoms with Crippen molar-refractivity contribution in [2.45, 2.75) is 12.8 Å². The number of hydrogen-bond acceptors (Lipinski definition) is 4. The van der Waals surface area contributed by atoms with Crippen LogP contribution in [0.3, 0.4) is 0 Å². The molecule has 8 heteroatoms. The van der Waals surface area contributed by atoms with Gasteiger partial charge in [0, 0.05) is 25.9 Å². The quantitative estimate of drug-likeness (QED) is 0.838. The minimum atomic E-state index is -0.365. The predicted molar refractivity (Wildman–Crippen MR) is 86.8 cm³/mol. The van der Waals surface area contributed by atoms with E-state index in [0.29, 0.717) is 36.7 Å². The van der Waals surface area contributed by atoms with E-state index in [1.54, 1.807) is 18.2 Å². The van der Waals surface area contributed by atoms with Crippen LogP contribution in [-0.4, -0.2) is 24.0 Å². The van der Waals surface area contributed by atoms with Gasteiger partial charge in [-0.25, -0.2) is 9.37 Å². The van der Waals surface area contributed by atoms with Crippen LogP contribution in [0.25, 0.3) is 11.3 Å². The minimum absolute atomic E-state index is 0. The maximum atomic E-state index is 13.6. The molecule has 1 amide bonds. The molecule has 0 aliphatic carbocycles. The van der Waals surface area contributed by atoms with Crippen LogP contribution in [0, 0.1) is 5.82 Å². The first kappa shape index (κ1) is 20.4. The molecule has 1 heterocycles. The number of nitrogens with zero attached hydrogens (tertiary/aromatic N) is 1. The van der Waals surface area contributed by atoms with Crippen molar-refractivity contribution in [2.75, 3.05) is 13.1 Å². The van der Waals surface area contributed by atoms with E-state index >= 15 is 0 Å². The molecule has 22 heavy (non-hydrogen) atoms. The molecule has 5 nitrogen and oxygen atoms in total. The molecule has 0 radical (unpaired) electrons. The second kappa shape index (κ2) is 10.2. The summed E-state index contributed by atoms with van der Waals surface area (Å²) in [4.78, 5) is 15.5. The molecule has 2 rings (SSSR count). The van der Waals surface area contributed by atoms with Crippen LogP contribution < -0.4 is 11.1 Å². The minimum Gasteiger partial charge on any atom is -0.441 e. The molecule has 0 bridgehead atoms. The molecule has 2 aromatic rings. The van der Waals surface area contributed by atoms with Gasteiger partial charge >= 0.3 is 0 Å². The van der Waals surface area contributed by atoms with Crippen molar-refractivity contribution in [3.05, 3.63) is 42.2 Å². The van der Waals surface area contributed by atoms with Gasteiger partial charge in [0.1, 0.15) is 5.82 Å². The van der Waals surface area contributed by atoms with Crippen molar-refractivity contribution in [1.29, 1.82) is 0 Å². The van der Waals surface area contributed by atoms with E-state index in [-0.39, 0.29) is 43.0 Å². The molecule has 122 valence electrons. The van der Waals surface area contributed by atoms with Gasteiger partial charge in [-0.15, -0.1) is 24.8 Å². The highest BCUT2D eigenvalue weighted by Crippen LogP contribution is 2.23. The third-order valence-corrected chi connectivity index (χ3v) is 2.73. The summed E-state index contributed by atoms with van der Waals surface area (Å²) in [5.74, 6) is 0.295. The van der Waals surface area contributed by atoms with Crippen LogP contribution in [0.4, 0.5) is 4.39 Å². The average Bonchev–Trinajstić information content (AvgIpc) is 2.92. The Balaban J connectivity index is 0.00000220. The molecule has 0 saturated heterocycles. The van der Waals surface area contributed by atoms with Crippen LogP contribution in [0.2, 0.25) is 0 Å². The van der Waals surface area contributed by atoms with Crippen molar-refractivity contribution < 1.29 is 13.6 Å². The van der Waals surface area contributed by atoms with Gasteiger partial charge in [0.25, 0.3) is 0 Å². The highest BCUT2D eigenvalue weighted by molar-refractivity contribution is 5.85. The topological polar surface area (TPSA) is 81.1 Å². The number of carbonyl (C=O) groups is 1. The van der Waals surface area contributed by atoms with Crippen LogP contribution >= 0.6 is 24.8 Å². The number of rotatable bonds is 6. The molecular weight excluding hydrogens is 332 g/mol.